The maximum absolute atomic E-state index is 12.0. The molecule has 1 atom stereocenters. The fourth-order valence-electron chi connectivity index (χ4n) is 1.49. The Balaban J connectivity index is 2.75. The van der Waals surface area contributed by atoms with E-state index in [1.807, 2.05) is 45.0 Å². The smallest absolute Gasteiger partial charge is 0.326 e. The van der Waals surface area contributed by atoms with Gasteiger partial charge in [0.2, 0.25) is 0 Å². The molecule has 0 fully saturated rings. The molecule has 0 bridgehead atoms. The van der Waals surface area contributed by atoms with Gasteiger partial charge < -0.3 is 10.5 Å². The number of ether oxygens (including phenoxy) is 1. The van der Waals surface area contributed by atoms with Crippen LogP contribution in [0.3, 0.4) is 0 Å². The highest BCUT2D eigenvalue weighted by atomic mass is 79.9. The molecule has 0 amide bonds. The Kier molecular flexibility index (Phi) is 4.56. The minimum absolute atomic E-state index is 0.377. The van der Waals surface area contributed by atoms with Crippen LogP contribution in [-0.2, 0) is 16.0 Å². The fourth-order valence-corrected chi connectivity index (χ4v) is 1.76. The monoisotopic (exact) mass is 313 g/mol. The van der Waals surface area contributed by atoms with Crippen LogP contribution in [0.1, 0.15) is 33.3 Å². The lowest BCUT2D eigenvalue weighted by atomic mass is 9.94. The van der Waals surface area contributed by atoms with E-state index in [0.717, 1.165) is 10.0 Å². The summed E-state index contributed by atoms with van der Waals surface area (Å²) in [6, 6.07) is 7.75. The molecule has 3 nitrogen and oxygen atoms in total. The first-order valence-corrected chi connectivity index (χ1v) is 6.66. The van der Waals surface area contributed by atoms with Crippen molar-refractivity contribution in [2.24, 2.45) is 5.73 Å². The van der Waals surface area contributed by atoms with Gasteiger partial charge in [-0.05, 0) is 45.4 Å². The average molecular weight is 314 g/mol. The largest absolute Gasteiger partial charge is 0.459 e. The predicted octanol–water partition coefficient (Wildman–Crippen LogP) is 3.05. The first-order chi connectivity index (χ1) is 8.10. The number of esters is 1. The molecule has 1 aromatic carbocycles. The van der Waals surface area contributed by atoms with E-state index in [2.05, 4.69) is 15.9 Å². The number of hydrogen-bond acceptors (Lipinski definition) is 3. The Morgan fingerprint density at radius 3 is 2.17 bits per heavy atom. The highest BCUT2D eigenvalue weighted by molar-refractivity contribution is 9.10. The predicted molar refractivity (Wildman–Crippen MR) is 76.3 cm³/mol. The van der Waals surface area contributed by atoms with E-state index in [-0.39, 0.29) is 5.97 Å². The van der Waals surface area contributed by atoms with Gasteiger partial charge in [0.05, 0.1) is 0 Å². The van der Waals surface area contributed by atoms with Crippen LogP contribution in [0.4, 0.5) is 0 Å². The molecule has 0 heterocycles. The van der Waals surface area contributed by atoms with E-state index in [1.54, 1.807) is 6.92 Å². The highest BCUT2D eigenvalue weighted by Crippen LogP contribution is 2.18. The maximum atomic E-state index is 12.0. The summed E-state index contributed by atoms with van der Waals surface area (Å²) in [5.41, 5.74) is 5.53. The average Bonchev–Trinajstić information content (AvgIpc) is 2.18. The van der Waals surface area contributed by atoms with Gasteiger partial charge in [0.15, 0.2) is 0 Å². The molecule has 0 aliphatic heterocycles. The third-order valence-electron chi connectivity index (χ3n) is 2.35. The first kappa shape index (κ1) is 15.2. The number of nitrogens with two attached hydrogens (primary N) is 1. The molecule has 0 aliphatic rings. The zero-order chi connectivity index (χ0) is 14.0. The van der Waals surface area contributed by atoms with Crippen LogP contribution in [0.15, 0.2) is 28.7 Å². The standard InChI is InChI=1S/C14H20BrNO2/c1-13(2,3)18-12(17)14(4,16)9-10-5-7-11(15)8-6-10/h5-8H,9,16H2,1-4H3. The van der Waals surface area contributed by atoms with Gasteiger partial charge in [0.1, 0.15) is 11.1 Å². The van der Waals surface area contributed by atoms with Crippen molar-refractivity contribution in [1.82, 2.24) is 0 Å². The summed E-state index contributed by atoms with van der Waals surface area (Å²) in [6.07, 6.45) is 0.454. The van der Waals surface area contributed by atoms with Gasteiger partial charge in [-0.25, -0.2) is 0 Å². The minimum Gasteiger partial charge on any atom is -0.459 e. The lowest BCUT2D eigenvalue weighted by Gasteiger charge is -2.28. The molecule has 2 N–H and O–H groups in total. The minimum atomic E-state index is -1.01. The molecule has 0 aromatic heterocycles. The fraction of sp³-hybridized carbons (Fsp3) is 0.500. The Morgan fingerprint density at radius 1 is 1.22 bits per heavy atom. The lowest BCUT2D eigenvalue weighted by molar-refractivity contribution is -0.160. The zero-order valence-electron chi connectivity index (χ0n) is 11.3. The van der Waals surface area contributed by atoms with Gasteiger partial charge in [-0.1, -0.05) is 28.1 Å². The van der Waals surface area contributed by atoms with Crippen LogP contribution in [0.5, 0.6) is 0 Å². The molecular formula is C14H20BrNO2. The van der Waals surface area contributed by atoms with Crippen molar-refractivity contribution < 1.29 is 9.53 Å². The third kappa shape index (κ3) is 4.78. The van der Waals surface area contributed by atoms with E-state index in [4.69, 9.17) is 10.5 Å². The molecule has 1 aromatic rings. The van der Waals surface area contributed by atoms with E-state index < -0.39 is 11.1 Å². The van der Waals surface area contributed by atoms with Crippen LogP contribution in [0.2, 0.25) is 0 Å². The zero-order valence-corrected chi connectivity index (χ0v) is 12.9. The molecule has 100 valence electrons. The number of rotatable bonds is 3. The van der Waals surface area contributed by atoms with Crippen molar-refractivity contribution in [1.29, 1.82) is 0 Å². The number of carbonyl (C=O) groups excluding carboxylic acids is 1. The third-order valence-corrected chi connectivity index (χ3v) is 2.88. The molecular weight excluding hydrogens is 294 g/mol. The molecule has 0 saturated carbocycles. The van der Waals surface area contributed by atoms with Gasteiger partial charge in [-0.2, -0.15) is 0 Å². The molecule has 1 rings (SSSR count). The lowest BCUT2D eigenvalue weighted by Crippen LogP contribution is -2.50. The van der Waals surface area contributed by atoms with Gasteiger partial charge in [0.25, 0.3) is 0 Å². The second-order valence-corrected chi connectivity index (χ2v) is 6.64. The summed E-state index contributed by atoms with van der Waals surface area (Å²) < 4.78 is 6.33. The Hall–Kier alpha value is -0.870. The highest BCUT2D eigenvalue weighted by Gasteiger charge is 2.33. The van der Waals surface area contributed by atoms with Gasteiger partial charge in [-0.3, -0.25) is 4.79 Å². The summed E-state index contributed by atoms with van der Waals surface area (Å²) in [5, 5.41) is 0. The molecule has 0 radical (unpaired) electrons. The summed E-state index contributed by atoms with van der Waals surface area (Å²) >= 11 is 3.37. The maximum Gasteiger partial charge on any atom is 0.326 e. The number of benzene rings is 1. The van der Waals surface area contributed by atoms with Crippen LogP contribution in [0, 0.1) is 0 Å². The van der Waals surface area contributed by atoms with E-state index >= 15 is 0 Å². The second-order valence-electron chi connectivity index (χ2n) is 5.72. The van der Waals surface area contributed by atoms with Crippen molar-refractivity contribution in [3.8, 4) is 0 Å². The quantitative estimate of drug-likeness (QED) is 0.873. The van der Waals surface area contributed by atoms with E-state index in [9.17, 15) is 4.79 Å². The van der Waals surface area contributed by atoms with Crippen molar-refractivity contribution >= 4 is 21.9 Å². The molecule has 0 saturated heterocycles. The molecule has 0 spiro atoms. The van der Waals surface area contributed by atoms with E-state index in [1.165, 1.54) is 0 Å². The molecule has 4 heteroatoms. The van der Waals surface area contributed by atoms with Crippen molar-refractivity contribution in [2.75, 3.05) is 0 Å². The second kappa shape index (κ2) is 5.41. The Labute approximate surface area is 117 Å². The summed E-state index contributed by atoms with van der Waals surface area (Å²) in [5.74, 6) is -0.377. The van der Waals surface area contributed by atoms with E-state index in [0.29, 0.717) is 6.42 Å². The number of hydrogen-bond donors (Lipinski definition) is 1. The van der Waals surface area contributed by atoms with Crippen LogP contribution < -0.4 is 5.73 Å². The van der Waals surface area contributed by atoms with Gasteiger partial charge in [0, 0.05) is 10.9 Å². The van der Waals surface area contributed by atoms with Crippen molar-refractivity contribution in [3.63, 3.8) is 0 Å². The summed E-state index contributed by atoms with van der Waals surface area (Å²) in [7, 11) is 0. The normalized spacial score (nSPS) is 15.0. The topological polar surface area (TPSA) is 52.3 Å². The Bertz CT molecular complexity index is 418. The number of halogens is 1. The van der Waals surface area contributed by atoms with Gasteiger partial charge in [-0.15, -0.1) is 0 Å². The van der Waals surface area contributed by atoms with Gasteiger partial charge >= 0.3 is 5.97 Å². The molecule has 1 unspecified atom stereocenters. The molecule has 0 aliphatic carbocycles. The van der Waals surface area contributed by atoms with Crippen LogP contribution >= 0.6 is 15.9 Å². The van der Waals surface area contributed by atoms with Crippen LogP contribution in [0.25, 0.3) is 0 Å². The summed E-state index contributed by atoms with van der Waals surface area (Å²) in [4.78, 5) is 12.0. The SMILES string of the molecule is CC(C)(C)OC(=O)C(C)(N)Cc1ccc(Br)cc1. The van der Waals surface area contributed by atoms with Crippen molar-refractivity contribution in [2.45, 2.75) is 45.3 Å². The number of carbonyl (C=O) groups is 1. The molecule has 18 heavy (non-hydrogen) atoms. The first-order valence-electron chi connectivity index (χ1n) is 5.87. The summed E-state index contributed by atoms with van der Waals surface area (Å²) in [6.45, 7) is 7.20. The van der Waals surface area contributed by atoms with Crippen molar-refractivity contribution in [3.05, 3.63) is 34.3 Å². The van der Waals surface area contributed by atoms with Crippen LogP contribution in [-0.4, -0.2) is 17.1 Å². The Morgan fingerprint density at radius 2 is 1.72 bits per heavy atom.